The summed E-state index contributed by atoms with van der Waals surface area (Å²) < 4.78 is 7.00. The fourth-order valence-electron chi connectivity index (χ4n) is 2.95. The molecule has 0 amide bonds. The maximum atomic E-state index is 10.6. The molecule has 0 saturated carbocycles. The number of hydrogen-bond donors (Lipinski definition) is 1. The number of ether oxygens (including phenoxy) is 1. The minimum atomic E-state index is 0.116. The van der Waals surface area contributed by atoms with Crippen molar-refractivity contribution in [1.82, 2.24) is 19.6 Å². The third-order valence-corrected chi connectivity index (χ3v) is 4.13. The highest BCUT2D eigenvalue weighted by Gasteiger charge is 2.18. The molecule has 0 atom stereocenters. The molecule has 124 valence electrons. The van der Waals surface area contributed by atoms with Gasteiger partial charge in [0.05, 0.1) is 12.8 Å². The van der Waals surface area contributed by atoms with E-state index in [0.29, 0.717) is 22.8 Å². The number of phenolic OH excluding ortho intramolecular Hbond substituents is 1. The number of hydrogen-bond acceptors (Lipinski definition) is 5. The molecule has 0 radical (unpaired) electrons. The molecule has 0 aliphatic carbocycles. The van der Waals surface area contributed by atoms with Crippen LogP contribution in [0.2, 0.25) is 0 Å². The summed E-state index contributed by atoms with van der Waals surface area (Å²) in [6.07, 6.45) is 3.54. The van der Waals surface area contributed by atoms with Gasteiger partial charge in [0, 0.05) is 23.4 Å². The Morgan fingerprint density at radius 3 is 2.64 bits per heavy atom. The van der Waals surface area contributed by atoms with Gasteiger partial charge >= 0.3 is 0 Å². The van der Waals surface area contributed by atoms with Crippen molar-refractivity contribution in [3.05, 3.63) is 60.6 Å². The third kappa shape index (κ3) is 2.57. The first-order valence-corrected chi connectivity index (χ1v) is 7.81. The normalized spacial score (nSPS) is 11.0. The van der Waals surface area contributed by atoms with Crippen LogP contribution in [0, 0.1) is 6.92 Å². The van der Waals surface area contributed by atoms with Gasteiger partial charge in [-0.05, 0) is 24.1 Å². The van der Waals surface area contributed by atoms with Crippen LogP contribution in [0.4, 0.5) is 0 Å². The topological polar surface area (TPSA) is 72.5 Å². The van der Waals surface area contributed by atoms with Crippen LogP contribution in [0.15, 0.2) is 55.0 Å². The third-order valence-electron chi connectivity index (χ3n) is 4.13. The first kappa shape index (κ1) is 15.1. The molecule has 0 spiro atoms. The summed E-state index contributed by atoms with van der Waals surface area (Å²) >= 11 is 0. The van der Waals surface area contributed by atoms with Crippen LogP contribution in [0.25, 0.3) is 28.2 Å². The number of fused-ring (bicyclic) bond motifs is 1. The molecule has 0 aliphatic heterocycles. The van der Waals surface area contributed by atoms with Gasteiger partial charge in [0.25, 0.3) is 5.78 Å². The molecular weight excluding hydrogens is 316 g/mol. The zero-order valence-electron chi connectivity index (χ0n) is 13.8. The SMILES string of the molecule is COc1cc(C)c(-c2nc3nncn3cc2-c2ccccc2)c(O)c1. The molecule has 2 aromatic carbocycles. The molecule has 0 fully saturated rings. The molecule has 0 unspecified atom stereocenters. The highest BCUT2D eigenvalue weighted by molar-refractivity contribution is 5.85. The lowest BCUT2D eigenvalue weighted by Gasteiger charge is -2.14. The Bertz CT molecular complexity index is 1030. The summed E-state index contributed by atoms with van der Waals surface area (Å²) in [5, 5.41) is 18.5. The smallest absolute Gasteiger partial charge is 0.255 e. The molecule has 1 N–H and O–H groups in total. The van der Waals surface area contributed by atoms with E-state index in [2.05, 4.69) is 15.2 Å². The van der Waals surface area contributed by atoms with Crippen molar-refractivity contribution in [2.75, 3.05) is 7.11 Å². The van der Waals surface area contributed by atoms with E-state index in [9.17, 15) is 5.11 Å². The molecule has 25 heavy (non-hydrogen) atoms. The standard InChI is InChI=1S/C19H16N4O2/c1-12-8-14(25-2)9-16(24)17(12)18-15(13-6-4-3-5-7-13)10-23-11-20-22-19(23)21-18/h3-11,24H,1-2H3. The molecule has 6 nitrogen and oxygen atoms in total. The van der Waals surface area contributed by atoms with Crippen molar-refractivity contribution in [3.63, 3.8) is 0 Å². The largest absolute Gasteiger partial charge is 0.507 e. The van der Waals surface area contributed by atoms with E-state index in [1.165, 1.54) is 0 Å². The lowest BCUT2D eigenvalue weighted by molar-refractivity contribution is 0.407. The lowest BCUT2D eigenvalue weighted by Crippen LogP contribution is -1.98. The maximum Gasteiger partial charge on any atom is 0.255 e. The zero-order chi connectivity index (χ0) is 17.4. The summed E-state index contributed by atoms with van der Waals surface area (Å²) in [6, 6.07) is 13.4. The first-order chi connectivity index (χ1) is 12.2. The summed E-state index contributed by atoms with van der Waals surface area (Å²) in [6.45, 7) is 1.92. The quantitative estimate of drug-likeness (QED) is 0.622. The number of aromatic nitrogens is 4. The highest BCUT2D eigenvalue weighted by Crippen LogP contribution is 2.39. The van der Waals surface area contributed by atoms with E-state index < -0.39 is 0 Å². The van der Waals surface area contributed by atoms with E-state index in [4.69, 9.17) is 4.74 Å². The minimum absolute atomic E-state index is 0.116. The number of benzene rings is 2. The Morgan fingerprint density at radius 2 is 1.92 bits per heavy atom. The van der Waals surface area contributed by atoms with Crippen LogP contribution >= 0.6 is 0 Å². The molecular formula is C19H16N4O2. The van der Waals surface area contributed by atoms with Crippen LogP contribution in [-0.4, -0.2) is 31.8 Å². The van der Waals surface area contributed by atoms with Gasteiger partial charge in [0.1, 0.15) is 17.8 Å². The second-order valence-corrected chi connectivity index (χ2v) is 5.75. The zero-order valence-corrected chi connectivity index (χ0v) is 13.8. The second kappa shape index (κ2) is 5.90. The molecule has 2 aromatic heterocycles. The van der Waals surface area contributed by atoms with Crippen molar-refractivity contribution < 1.29 is 9.84 Å². The predicted octanol–water partition coefficient (Wildman–Crippen LogP) is 3.48. The summed E-state index contributed by atoms with van der Waals surface area (Å²) in [5.74, 6) is 1.19. The Hall–Kier alpha value is -3.41. The number of aromatic hydroxyl groups is 1. The Kier molecular flexibility index (Phi) is 3.57. The first-order valence-electron chi connectivity index (χ1n) is 7.81. The second-order valence-electron chi connectivity index (χ2n) is 5.75. The van der Waals surface area contributed by atoms with Crippen LogP contribution in [0.5, 0.6) is 11.5 Å². The minimum Gasteiger partial charge on any atom is -0.507 e. The van der Waals surface area contributed by atoms with Crippen LogP contribution in [0.1, 0.15) is 5.56 Å². The van der Waals surface area contributed by atoms with Crippen LogP contribution < -0.4 is 4.74 Å². The average molecular weight is 332 g/mol. The van der Waals surface area contributed by atoms with Gasteiger partial charge in [-0.3, -0.25) is 4.40 Å². The Balaban J connectivity index is 2.04. The monoisotopic (exact) mass is 332 g/mol. The maximum absolute atomic E-state index is 10.6. The fraction of sp³-hybridized carbons (Fsp3) is 0.105. The molecule has 4 rings (SSSR count). The molecule has 0 saturated heterocycles. The van der Waals surface area contributed by atoms with Crippen molar-refractivity contribution in [2.24, 2.45) is 0 Å². The van der Waals surface area contributed by atoms with Crippen molar-refractivity contribution in [3.8, 4) is 33.9 Å². The lowest BCUT2D eigenvalue weighted by atomic mass is 9.96. The Labute approximate surface area is 144 Å². The number of rotatable bonds is 3. The summed E-state index contributed by atoms with van der Waals surface area (Å²) in [4.78, 5) is 4.65. The molecule has 2 heterocycles. The predicted molar refractivity (Wildman–Crippen MR) is 94.6 cm³/mol. The number of phenols is 1. The number of aryl methyl sites for hydroxylation is 1. The van der Waals surface area contributed by atoms with Gasteiger partial charge < -0.3 is 9.84 Å². The van der Waals surface area contributed by atoms with Crippen LogP contribution in [0.3, 0.4) is 0 Å². The molecule has 6 heteroatoms. The number of nitrogens with zero attached hydrogens (tertiary/aromatic N) is 4. The number of methoxy groups -OCH3 is 1. The van der Waals surface area contributed by atoms with Crippen molar-refractivity contribution >= 4 is 5.78 Å². The van der Waals surface area contributed by atoms with E-state index in [0.717, 1.165) is 16.7 Å². The van der Waals surface area contributed by atoms with Gasteiger partial charge in [-0.2, -0.15) is 0 Å². The van der Waals surface area contributed by atoms with Gasteiger partial charge in [0.2, 0.25) is 0 Å². The van der Waals surface area contributed by atoms with E-state index in [1.807, 2.05) is 49.5 Å². The van der Waals surface area contributed by atoms with Gasteiger partial charge in [0.15, 0.2) is 0 Å². The van der Waals surface area contributed by atoms with Crippen molar-refractivity contribution in [2.45, 2.75) is 6.92 Å². The molecule has 4 aromatic rings. The molecule has 0 aliphatic rings. The van der Waals surface area contributed by atoms with Crippen molar-refractivity contribution in [1.29, 1.82) is 0 Å². The van der Waals surface area contributed by atoms with E-state index >= 15 is 0 Å². The van der Waals surface area contributed by atoms with Gasteiger partial charge in [-0.1, -0.05) is 30.3 Å². The summed E-state index contributed by atoms with van der Waals surface area (Å²) in [7, 11) is 1.57. The Morgan fingerprint density at radius 1 is 1.12 bits per heavy atom. The van der Waals surface area contributed by atoms with Gasteiger partial charge in [-0.25, -0.2) is 4.98 Å². The fourth-order valence-corrected chi connectivity index (χ4v) is 2.95. The van der Waals surface area contributed by atoms with E-state index in [-0.39, 0.29) is 5.75 Å². The van der Waals surface area contributed by atoms with E-state index in [1.54, 1.807) is 23.9 Å². The van der Waals surface area contributed by atoms with Gasteiger partial charge in [-0.15, -0.1) is 10.2 Å². The average Bonchev–Trinajstić information content (AvgIpc) is 3.08. The summed E-state index contributed by atoms with van der Waals surface area (Å²) in [5.41, 5.74) is 4.06. The molecule has 0 bridgehead atoms. The highest BCUT2D eigenvalue weighted by atomic mass is 16.5. The van der Waals surface area contributed by atoms with Crippen LogP contribution in [-0.2, 0) is 0 Å².